The zero-order valence-electron chi connectivity index (χ0n) is 10.7. The summed E-state index contributed by atoms with van der Waals surface area (Å²) < 4.78 is 0. The lowest BCUT2D eigenvalue weighted by Gasteiger charge is -2.21. The van der Waals surface area contributed by atoms with E-state index in [0.29, 0.717) is 5.92 Å². The quantitative estimate of drug-likeness (QED) is 0.543. The first-order valence-corrected chi connectivity index (χ1v) is 6.15. The van der Waals surface area contributed by atoms with Gasteiger partial charge in [0.15, 0.2) is 11.6 Å². The number of hydrogen-bond donors (Lipinski definition) is 0. The molecule has 1 aliphatic rings. The van der Waals surface area contributed by atoms with Gasteiger partial charge in [-0.15, -0.1) is 0 Å². The van der Waals surface area contributed by atoms with Crippen molar-refractivity contribution in [1.82, 2.24) is 0 Å². The Bertz CT molecular complexity index is 343. The molecular formula is C14H20O3. The van der Waals surface area contributed by atoms with Crippen LogP contribution in [0.15, 0.2) is 12.2 Å². The highest BCUT2D eigenvalue weighted by Crippen LogP contribution is 2.40. The molecule has 0 saturated heterocycles. The summed E-state index contributed by atoms with van der Waals surface area (Å²) in [7, 11) is 0. The van der Waals surface area contributed by atoms with Gasteiger partial charge in [-0.25, -0.2) is 0 Å². The second kappa shape index (κ2) is 5.89. The van der Waals surface area contributed by atoms with E-state index in [9.17, 15) is 14.4 Å². The zero-order valence-corrected chi connectivity index (χ0v) is 10.7. The fourth-order valence-electron chi connectivity index (χ4n) is 2.64. The van der Waals surface area contributed by atoms with Crippen molar-refractivity contribution < 1.29 is 14.4 Å². The number of hydrogen-bond acceptors (Lipinski definition) is 3. The molecule has 3 nitrogen and oxygen atoms in total. The van der Waals surface area contributed by atoms with Crippen LogP contribution in [0.1, 0.15) is 33.6 Å². The van der Waals surface area contributed by atoms with Crippen molar-refractivity contribution in [3.05, 3.63) is 12.2 Å². The Morgan fingerprint density at radius 3 is 2.41 bits per heavy atom. The summed E-state index contributed by atoms with van der Waals surface area (Å²) in [5.41, 5.74) is 0. The highest BCUT2D eigenvalue weighted by atomic mass is 16.1. The van der Waals surface area contributed by atoms with Gasteiger partial charge in [-0.2, -0.15) is 0 Å². The van der Waals surface area contributed by atoms with Crippen molar-refractivity contribution in [2.24, 2.45) is 23.7 Å². The molecule has 0 heterocycles. The van der Waals surface area contributed by atoms with Gasteiger partial charge >= 0.3 is 0 Å². The Morgan fingerprint density at radius 2 is 1.88 bits per heavy atom. The van der Waals surface area contributed by atoms with Crippen molar-refractivity contribution in [3.8, 4) is 0 Å². The monoisotopic (exact) mass is 236 g/mol. The normalized spacial score (nSPS) is 30.4. The Labute approximate surface area is 102 Å². The molecule has 4 atom stereocenters. The summed E-state index contributed by atoms with van der Waals surface area (Å²) in [5.74, 6) is 0.130. The Hall–Kier alpha value is -1.25. The molecule has 0 aliphatic heterocycles. The minimum Gasteiger partial charge on any atom is -0.303 e. The van der Waals surface area contributed by atoms with Crippen LogP contribution in [-0.2, 0) is 14.4 Å². The third-order valence-electron chi connectivity index (χ3n) is 3.84. The van der Waals surface area contributed by atoms with E-state index in [1.54, 1.807) is 0 Å². The maximum absolute atomic E-state index is 11.8. The zero-order chi connectivity index (χ0) is 13.0. The second-order valence-electron chi connectivity index (χ2n) is 5.07. The van der Waals surface area contributed by atoms with E-state index in [2.05, 4.69) is 6.92 Å². The van der Waals surface area contributed by atoms with E-state index in [1.165, 1.54) is 19.1 Å². The first kappa shape index (κ1) is 13.8. The lowest BCUT2D eigenvalue weighted by molar-refractivity contribution is -0.121. The summed E-state index contributed by atoms with van der Waals surface area (Å²) in [6.45, 7) is 5.33. The number of carbonyl (C=O) groups is 3. The summed E-state index contributed by atoms with van der Waals surface area (Å²) in [6.07, 6.45) is 5.55. The third-order valence-corrected chi connectivity index (χ3v) is 3.84. The lowest BCUT2D eigenvalue weighted by atomic mass is 9.81. The number of allylic oxidation sites excluding steroid dienone is 2. The van der Waals surface area contributed by atoms with Crippen molar-refractivity contribution in [1.29, 1.82) is 0 Å². The number of ketones is 2. The summed E-state index contributed by atoms with van der Waals surface area (Å²) in [6, 6.07) is 0. The molecule has 0 aromatic heterocycles. The summed E-state index contributed by atoms with van der Waals surface area (Å²) >= 11 is 0. The molecule has 0 N–H and O–H groups in total. The molecule has 1 saturated carbocycles. The maximum atomic E-state index is 11.8. The van der Waals surface area contributed by atoms with E-state index in [-0.39, 0.29) is 29.3 Å². The van der Waals surface area contributed by atoms with Gasteiger partial charge in [-0.05, 0) is 43.8 Å². The maximum Gasteiger partial charge on any atom is 0.158 e. The van der Waals surface area contributed by atoms with E-state index in [4.69, 9.17) is 0 Å². The van der Waals surface area contributed by atoms with Gasteiger partial charge in [0.1, 0.15) is 6.29 Å². The highest BCUT2D eigenvalue weighted by Gasteiger charge is 2.38. The molecule has 0 aromatic carbocycles. The third kappa shape index (κ3) is 3.35. The fourth-order valence-corrected chi connectivity index (χ4v) is 2.64. The van der Waals surface area contributed by atoms with E-state index < -0.39 is 0 Å². The molecule has 0 aromatic rings. The van der Waals surface area contributed by atoms with Gasteiger partial charge < -0.3 is 4.79 Å². The minimum absolute atomic E-state index is 0.0142. The van der Waals surface area contributed by atoms with Crippen LogP contribution in [0.25, 0.3) is 0 Å². The predicted octanol–water partition coefficient (Wildman–Crippen LogP) is 2.20. The smallest absolute Gasteiger partial charge is 0.158 e. The van der Waals surface area contributed by atoms with Gasteiger partial charge in [-0.3, -0.25) is 9.59 Å². The molecule has 1 fully saturated rings. The molecule has 1 rings (SSSR count). The van der Waals surface area contributed by atoms with E-state index in [1.807, 2.05) is 6.92 Å². The van der Waals surface area contributed by atoms with Gasteiger partial charge in [0.05, 0.1) is 0 Å². The first-order valence-electron chi connectivity index (χ1n) is 6.15. The van der Waals surface area contributed by atoms with Gasteiger partial charge in [-0.1, -0.05) is 13.8 Å². The minimum atomic E-state index is -0.175. The topological polar surface area (TPSA) is 51.2 Å². The summed E-state index contributed by atoms with van der Waals surface area (Å²) in [4.78, 5) is 33.7. The van der Waals surface area contributed by atoms with Crippen LogP contribution in [-0.4, -0.2) is 17.9 Å². The van der Waals surface area contributed by atoms with Gasteiger partial charge in [0, 0.05) is 11.8 Å². The molecule has 4 unspecified atom stereocenters. The standard InChI is InChI=1S/C14H20O3/c1-9-4-6-12(13(9)8-15)11(3)14(17)7-5-10(2)16/h5,7-9,11-13H,4,6H2,1-3H3/b7-5+. The van der Waals surface area contributed by atoms with Crippen LogP contribution in [0, 0.1) is 23.7 Å². The predicted molar refractivity (Wildman–Crippen MR) is 65.4 cm³/mol. The average molecular weight is 236 g/mol. The van der Waals surface area contributed by atoms with Crippen molar-refractivity contribution in [2.75, 3.05) is 0 Å². The van der Waals surface area contributed by atoms with Crippen molar-refractivity contribution >= 4 is 17.9 Å². The number of aldehydes is 1. The molecular weight excluding hydrogens is 216 g/mol. The van der Waals surface area contributed by atoms with Crippen LogP contribution < -0.4 is 0 Å². The van der Waals surface area contributed by atoms with Crippen molar-refractivity contribution in [2.45, 2.75) is 33.6 Å². The fraction of sp³-hybridized carbons (Fsp3) is 0.643. The Morgan fingerprint density at radius 1 is 1.24 bits per heavy atom. The molecule has 0 bridgehead atoms. The van der Waals surface area contributed by atoms with Crippen LogP contribution in [0.2, 0.25) is 0 Å². The Kier molecular flexibility index (Phi) is 4.79. The summed E-state index contributed by atoms with van der Waals surface area (Å²) in [5, 5.41) is 0. The van der Waals surface area contributed by atoms with E-state index in [0.717, 1.165) is 19.1 Å². The molecule has 3 heteroatoms. The highest BCUT2D eigenvalue weighted by molar-refractivity contribution is 5.98. The number of rotatable bonds is 5. The molecule has 17 heavy (non-hydrogen) atoms. The van der Waals surface area contributed by atoms with Crippen LogP contribution in [0.4, 0.5) is 0 Å². The number of carbonyl (C=O) groups excluding carboxylic acids is 3. The Balaban J connectivity index is 2.69. The van der Waals surface area contributed by atoms with Crippen molar-refractivity contribution in [3.63, 3.8) is 0 Å². The van der Waals surface area contributed by atoms with E-state index >= 15 is 0 Å². The molecule has 94 valence electrons. The molecule has 0 radical (unpaired) electrons. The van der Waals surface area contributed by atoms with Crippen LogP contribution in [0.5, 0.6) is 0 Å². The van der Waals surface area contributed by atoms with Gasteiger partial charge in [0.2, 0.25) is 0 Å². The SMILES string of the molecule is CC(=O)/C=C/C(=O)C(C)C1CCC(C)C1C=O. The molecule has 0 spiro atoms. The van der Waals surface area contributed by atoms with Crippen LogP contribution in [0.3, 0.4) is 0 Å². The largest absolute Gasteiger partial charge is 0.303 e. The average Bonchev–Trinajstić information content (AvgIpc) is 2.66. The molecule has 1 aliphatic carbocycles. The van der Waals surface area contributed by atoms with Gasteiger partial charge in [0.25, 0.3) is 0 Å². The van der Waals surface area contributed by atoms with Crippen LogP contribution >= 0.6 is 0 Å². The molecule has 0 amide bonds. The first-order chi connectivity index (χ1) is 7.97. The lowest BCUT2D eigenvalue weighted by Crippen LogP contribution is -2.25. The second-order valence-corrected chi connectivity index (χ2v) is 5.07.